The molecule has 0 amide bonds. The Kier molecular flexibility index (Phi) is 6.08. The van der Waals surface area contributed by atoms with Crippen LogP contribution in [0.5, 0.6) is 0 Å². The molecule has 1 aliphatic rings. The van der Waals surface area contributed by atoms with Crippen LogP contribution in [0.4, 0.5) is 0 Å². The quantitative estimate of drug-likeness (QED) is 0.172. The van der Waals surface area contributed by atoms with Gasteiger partial charge in [-0.2, -0.15) is 0 Å². The summed E-state index contributed by atoms with van der Waals surface area (Å²) in [6.07, 6.45) is 0. The number of rotatable bonds is 3. The van der Waals surface area contributed by atoms with Crippen LogP contribution < -0.4 is 0 Å². The van der Waals surface area contributed by atoms with Gasteiger partial charge in [-0.05, 0) is 107 Å². The van der Waals surface area contributed by atoms with Crippen LogP contribution >= 0.6 is 0 Å². The van der Waals surface area contributed by atoms with E-state index in [9.17, 15) is 0 Å². The van der Waals surface area contributed by atoms with E-state index in [1.165, 1.54) is 82.6 Å². The first-order chi connectivity index (χ1) is 25.6. The summed E-state index contributed by atoms with van der Waals surface area (Å²) < 4.78 is 6.66. The van der Waals surface area contributed by atoms with E-state index in [-0.39, 0.29) is 5.41 Å². The third-order valence-corrected chi connectivity index (χ3v) is 11.7. The Morgan fingerprint density at radius 3 is 1.77 bits per heavy atom. The van der Waals surface area contributed by atoms with Gasteiger partial charge in [0.15, 0.2) is 0 Å². The van der Waals surface area contributed by atoms with E-state index in [1.807, 2.05) is 0 Å². The van der Waals surface area contributed by atoms with E-state index < -0.39 is 0 Å². The van der Waals surface area contributed by atoms with E-state index in [2.05, 4.69) is 184 Å². The predicted molar refractivity (Wildman–Crippen MR) is 220 cm³/mol. The summed E-state index contributed by atoms with van der Waals surface area (Å²) in [5, 5.41) is 9.60. The Hall–Kier alpha value is -6.44. The monoisotopic (exact) mass is 662 g/mol. The SMILES string of the molecule is CC1(C)c2ccccc2-c2ccc(-c3cccc(-c4c5ccccc5c(-c5cccc6oc7c8ccccc8ccc7c56)c5ccccc45)c3)cc21. The van der Waals surface area contributed by atoms with E-state index in [1.54, 1.807) is 0 Å². The van der Waals surface area contributed by atoms with Gasteiger partial charge in [0.05, 0.1) is 0 Å². The largest absolute Gasteiger partial charge is 0.455 e. The van der Waals surface area contributed by atoms with Crippen molar-refractivity contribution in [2.75, 3.05) is 0 Å². The van der Waals surface area contributed by atoms with Crippen molar-refractivity contribution >= 4 is 54.3 Å². The molecule has 10 aromatic rings. The average molecular weight is 663 g/mol. The molecular formula is C51H34O. The minimum Gasteiger partial charge on any atom is -0.455 e. The lowest BCUT2D eigenvalue weighted by Crippen LogP contribution is -2.14. The first-order valence-corrected chi connectivity index (χ1v) is 18.2. The second kappa shape index (κ2) is 10.8. The van der Waals surface area contributed by atoms with Gasteiger partial charge in [0, 0.05) is 21.6 Å². The molecule has 1 aliphatic carbocycles. The predicted octanol–water partition coefficient (Wildman–Crippen LogP) is 14.4. The molecule has 244 valence electrons. The summed E-state index contributed by atoms with van der Waals surface area (Å²) in [4.78, 5) is 0. The lowest BCUT2D eigenvalue weighted by atomic mass is 9.81. The zero-order valence-electron chi connectivity index (χ0n) is 29.1. The van der Waals surface area contributed by atoms with Crippen molar-refractivity contribution in [3.05, 3.63) is 181 Å². The maximum atomic E-state index is 6.66. The first-order valence-electron chi connectivity index (χ1n) is 18.2. The van der Waals surface area contributed by atoms with Gasteiger partial charge >= 0.3 is 0 Å². The van der Waals surface area contributed by atoms with Gasteiger partial charge in [-0.3, -0.25) is 0 Å². The van der Waals surface area contributed by atoms with Crippen molar-refractivity contribution in [1.82, 2.24) is 0 Å². The van der Waals surface area contributed by atoms with Gasteiger partial charge in [-0.15, -0.1) is 0 Å². The molecule has 0 saturated carbocycles. The highest BCUT2D eigenvalue weighted by Crippen LogP contribution is 2.51. The highest BCUT2D eigenvalue weighted by molar-refractivity contribution is 6.27. The van der Waals surface area contributed by atoms with Crippen molar-refractivity contribution in [2.45, 2.75) is 19.3 Å². The van der Waals surface area contributed by atoms with Crippen LogP contribution in [0.2, 0.25) is 0 Å². The maximum absolute atomic E-state index is 6.66. The van der Waals surface area contributed by atoms with Crippen LogP contribution in [-0.2, 0) is 5.41 Å². The van der Waals surface area contributed by atoms with Crippen LogP contribution in [0, 0.1) is 0 Å². The molecule has 0 unspecified atom stereocenters. The summed E-state index contributed by atoms with van der Waals surface area (Å²) in [7, 11) is 0. The van der Waals surface area contributed by atoms with E-state index in [0.717, 1.165) is 27.3 Å². The van der Waals surface area contributed by atoms with E-state index in [0.29, 0.717) is 0 Å². The van der Waals surface area contributed by atoms with Crippen LogP contribution in [-0.4, -0.2) is 0 Å². The minimum absolute atomic E-state index is 0.0436. The zero-order chi connectivity index (χ0) is 34.6. The zero-order valence-corrected chi connectivity index (χ0v) is 29.1. The standard InChI is InChI=1S/C51H34O/c1-51(2)44-23-10-9-17-36(44)37-27-26-33(30-45(37)51)32-14-11-15-34(29-32)47-38-18-5-7-20-40(38)48(41-21-8-6-19-39(41)47)42-22-12-24-46-49(42)43-28-25-31-13-3-4-16-35(31)50(43)52-46/h3-30H,1-2H3. The fraction of sp³-hybridized carbons (Fsp3) is 0.0588. The number of hydrogen-bond acceptors (Lipinski definition) is 1. The number of hydrogen-bond donors (Lipinski definition) is 0. The lowest BCUT2D eigenvalue weighted by Gasteiger charge is -2.22. The normalized spacial score (nSPS) is 13.3. The van der Waals surface area contributed by atoms with Crippen molar-refractivity contribution in [3.63, 3.8) is 0 Å². The minimum atomic E-state index is -0.0436. The van der Waals surface area contributed by atoms with E-state index >= 15 is 0 Å². The van der Waals surface area contributed by atoms with Crippen molar-refractivity contribution in [2.24, 2.45) is 0 Å². The summed E-state index contributed by atoms with van der Waals surface area (Å²) >= 11 is 0. The maximum Gasteiger partial charge on any atom is 0.143 e. The fourth-order valence-corrected chi connectivity index (χ4v) is 9.23. The number of fused-ring (bicyclic) bond motifs is 10. The van der Waals surface area contributed by atoms with Gasteiger partial charge in [-0.1, -0.05) is 159 Å². The van der Waals surface area contributed by atoms with Crippen molar-refractivity contribution in [3.8, 4) is 44.5 Å². The third-order valence-electron chi connectivity index (χ3n) is 11.7. The Balaban J connectivity index is 1.14. The molecule has 0 radical (unpaired) electrons. The summed E-state index contributed by atoms with van der Waals surface area (Å²) in [5.74, 6) is 0. The Morgan fingerprint density at radius 2 is 0.981 bits per heavy atom. The molecule has 1 aromatic heterocycles. The smallest absolute Gasteiger partial charge is 0.143 e. The number of furan rings is 1. The fourth-order valence-electron chi connectivity index (χ4n) is 9.23. The van der Waals surface area contributed by atoms with Gasteiger partial charge < -0.3 is 4.42 Å². The molecule has 0 bridgehead atoms. The summed E-state index contributed by atoms with van der Waals surface area (Å²) in [6.45, 7) is 4.71. The lowest BCUT2D eigenvalue weighted by molar-refractivity contribution is 0.660. The Bertz CT molecular complexity index is 3040. The number of benzene rings is 9. The molecule has 0 fully saturated rings. The second-order valence-corrected chi connectivity index (χ2v) is 14.8. The highest BCUT2D eigenvalue weighted by atomic mass is 16.3. The second-order valence-electron chi connectivity index (χ2n) is 14.8. The Morgan fingerprint density at radius 1 is 0.385 bits per heavy atom. The first kappa shape index (κ1) is 29.3. The molecule has 0 atom stereocenters. The van der Waals surface area contributed by atoms with Gasteiger partial charge in [0.2, 0.25) is 0 Å². The Labute approximate surface area is 302 Å². The highest BCUT2D eigenvalue weighted by Gasteiger charge is 2.35. The van der Waals surface area contributed by atoms with E-state index in [4.69, 9.17) is 4.42 Å². The molecule has 0 spiro atoms. The molecule has 9 aromatic carbocycles. The van der Waals surface area contributed by atoms with Crippen molar-refractivity contribution in [1.29, 1.82) is 0 Å². The molecule has 0 aliphatic heterocycles. The topological polar surface area (TPSA) is 13.1 Å². The summed E-state index contributed by atoms with van der Waals surface area (Å²) in [5.41, 5.74) is 14.7. The molecule has 0 saturated heterocycles. The van der Waals surface area contributed by atoms with Gasteiger partial charge in [0.1, 0.15) is 11.2 Å². The van der Waals surface area contributed by atoms with Gasteiger partial charge in [0.25, 0.3) is 0 Å². The van der Waals surface area contributed by atoms with Crippen LogP contribution in [0.25, 0.3) is 98.8 Å². The molecule has 11 rings (SSSR count). The molecule has 1 heteroatoms. The van der Waals surface area contributed by atoms with Crippen LogP contribution in [0.3, 0.4) is 0 Å². The molecular weight excluding hydrogens is 629 g/mol. The van der Waals surface area contributed by atoms with Crippen molar-refractivity contribution < 1.29 is 4.42 Å². The van der Waals surface area contributed by atoms with Gasteiger partial charge in [-0.25, -0.2) is 0 Å². The molecule has 52 heavy (non-hydrogen) atoms. The third kappa shape index (κ3) is 4.05. The molecule has 1 nitrogen and oxygen atoms in total. The summed E-state index contributed by atoms with van der Waals surface area (Å²) in [6, 6.07) is 62.4. The average Bonchev–Trinajstić information content (AvgIpc) is 3.69. The molecule has 1 heterocycles. The molecule has 0 N–H and O–H groups in total. The van der Waals surface area contributed by atoms with Crippen LogP contribution in [0.15, 0.2) is 174 Å². The van der Waals surface area contributed by atoms with Crippen LogP contribution in [0.1, 0.15) is 25.0 Å².